The molecule has 2 aromatic carbocycles. The van der Waals surface area contributed by atoms with Gasteiger partial charge in [-0.1, -0.05) is 13.0 Å². The molecule has 0 spiro atoms. The maximum absolute atomic E-state index is 13.4. The number of ether oxygens (including phenoxy) is 2. The van der Waals surface area contributed by atoms with Gasteiger partial charge in [0.15, 0.2) is 0 Å². The zero-order valence-electron chi connectivity index (χ0n) is 18.9. The molecule has 8 heteroatoms. The molecule has 3 atom stereocenters. The van der Waals surface area contributed by atoms with Gasteiger partial charge in [-0.25, -0.2) is 4.39 Å². The number of nitrogens with one attached hydrogen (secondary N) is 2. The summed E-state index contributed by atoms with van der Waals surface area (Å²) in [5.41, 5.74) is 1.04. The second-order valence-corrected chi connectivity index (χ2v) is 8.23. The molecule has 1 aliphatic rings. The van der Waals surface area contributed by atoms with Gasteiger partial charge in [0.05, 0.1) is 11.7 Å². The number of hydrogen-bond acceptors (Lipinski definition) is 5. The van der Waals surface area contributed by atoms with Crippen molar-refractivity contribution in [2.75, 3.05) is 39.2 Å². The number of amides is 2. The Morgan fingerprint density at radius 3 is 2.75 bits per heavy atom. The first-order valence-corrected chi connectivity index (χ1v) is 10.6. The maximum Gasteiger partial charge on any atom is 0.257 e. The zero-order valence-corrected chi connectivity index (χ0v) is 18.9. The molecule has 0 saturated heterocycles. The number of anilines is 1. The van der Waals surface area contributed by atoms with E-state index in [4.69, 9.17) is 9.47 Å². The van der Waals surface area contributed by atoms with Crippen molar-refractivity contribution in [3.8, 4) is 5.75 Å². The fourth-order valence-electron chi connectivity index (χ4n) is 3.57. The summed E-state index contributed by atoms with van der Waals surface area (Å²) in [5, 5.41) is 6.17. The number of halogens is 1. The van der Waals surface area contributed by atoms with Crippen LogP contribution < -0.4 is 15.4 Å². The molecule has 7 nitrogen and oxygen atoms in total. The van der Waals surface area contributed by atoms with E-state index in [9.17, 15) is 14.0 Å². The third-order valence-corrected chi connectivity index (χ3v) is 5.57. The molecule has 0 unspecified atom stereocenters. The van der Waals surface area contributed by atoms with E-state index >= 15 is 0 Å². The Balaban J connectivity index is 1.87. The summed E-state index contributed by atoms with van der Waals surface area (Å²) < 4.78 is 25.0. The van der Waals surface area contributed by atoms with Crippen molar-refractivity contribution in [1.82, 2.24) is 10.2 Å². The fraction of sp³-hybridized carbons (Fsp3) is 0.417. The predicted octanol–water partition coefficient (Wildman–Crippen LogP) is 3.17. The molecule has 0 aliphatic carbocycles. The Hall–Kier alpha value is -2.97. The Bertz CT molecular complexity index is 968. The lowest BCUT2D eigenvalue weighted by Gasteiger charge is -2.30. The maximum atomic E-state index is 13.4. The van der Waals surface area contributed by atoms with Gasteiger partial charge in [-0.05, 0) is 43.2 Å². The molecule has 1 heterocycles. The molecule has 2 aromatic rings. The van der Waals surface area contributed by atoms with E-state index in [-0.39, 0.29) is 29.5 Å². The Morgan fingerprint density at radius 1 is 1.25 bits per heavy atom. The summed E-state index contributed by atoms with van der Waals surface area (Å²) in [5.74, 6) is -0.559. The standard InChI is InChI=1S/C24H30FN3O4/c1-15-12-26-16(2)14-32-21-11-19(27-23(29)17-6-5-7-18(25)10-17)8-9-20(21)24(30)28(3)13-22(15)31-4/h5-11,15-16,22,26H,12-14H2,1-4H3,(H,27,29)/t15-,16-,22+/m0/s1. The molecule has 2 N–H and O–H groups in total. The van der Waals surface area contributed by atoms with Crippen LogP contribution in [0.1, 0.15) is 34.6 Å². The summed E-state index contributed by atoms with van der Waals surface area (Å²) in [4.78, 5) is 27.2. The summed E-state index contributed by atoms with van der Waals surface area (Å²) >= 11 is 0. The number of fused-ring (bicyclic) bond motifs is 1. The van der Waals surface area contributed by atoms with E-state index in [1.807, 2.05) is 6.92 Å². The Morgan fingerprint density at radius 2 is 2.03 bits per heavy atom. The van der Waals surface area contributed by atoms with Crippen molar-refractivity contribution in [2.45, 2.75) is 26.0 Å². The largest absolute Gasteiger partial charge is 0.491 e. The Kier molecular flexibility index (Phi) is 7.82. The van der Waals surface area contributed by atoms with Crippen LogP contribution in [0, 0.1) is 11.7 Å². The molecule has 0 bridgehead atoms. The van der Waals surface area contributed by atoms with E-state index in [2.05, 4.69) is 17.6 Å². The third kappa shape index (κ3) is 5.83. The smallest absolute Gasteiger partial charge is 0.257 e. The van der Waals surface area contributed by atoms with Crippen LogP contribution in [-0.2, 0) is 4.74 Å². The molecule has 32 heavy (non-hydrogen) atoms. The van der Waals surface area contributed by atoms with Crippen LogP contribution in [0.5, 0.6) is 5.75 Å². The first-order valence-electron chi connectivity index (χ1n) is 10.6. The first kappa shape index (κ1) is 23.7. The van der Waals surface area contributed by atoms with E-state index in [0.29, 0.717) is 30.2 Å². The molecule has 0 saturated carbocycles. The van der Waals surface area contributed by atoms with Gasteiger partial charge in [-0.3, -0.25) is 9.59 Å². The molecule has 0 radical (unpaired) electrons. The topological polar surface area (TPSA) is 79.9 Å². The van der Waals surface area contributed by atoms with E-state index in [0.717, 1.165) is 6.54 Å². The lowest BCUT2D eigenvalue weighted by atomic mass is 10.0. The summed E-state index contributed by atoms with van der Waals surface area (Å²) in [6.07, 6.45) is -0.114. The molecular formula is C24H30FN3O4. The lowest BCUT2D eigenvalue weighted by Crippen LogP contribution is -2.44. The molecule has 0 fully saturated rings. The number of nitrogens with zero attached hydrogens (tertiary/aromatic N) is 1. The molecule has 2 amide bonds. The summed E-state index contributed by atoms with van der Waals surface area (Å²) in [7, 11) is 3.38. The van der Waals surface area contributed by atoms with Crippen molar-refractivity contribution in [3.63, 3.8) is 0 Å². The average molecular weight is 444 g/mol. The third-order valence-electron chi connectivity index (χ3n) is 5.57. The molecule has 3 rings (SSSR count). The second-order valence-electron chi connectivity index (χ2n) is 8.23. The van der Waals surface area contributed by atoms with Gasteiger partial charge in [0, 0.05) is 50.6 Å². The van der Waals surface area contributed by atoms with Crippen LogP contribution in [0.4, 0.5) is 10.1 Å². The van der Waals surface area contributed by atoms with Crippen molar-refractivity contribution in [2.24, 2.45) is 5.92 Å². The van der Waals surface area contributed by atoms with Gasteiger partial charge in [-0.2, -0.15) is 0 Å². The van der Waals surface area contributed by atoms with Crippen LogP contribution in [0.2, 0.25) is 0 Å². The molecule has 0 aromatic heterocycles. The number of benzene rings is 2. The Labute approximate surface area is 187 Å². The summed E-state index contributed by atoms with van der Waals surface area (Å²) in [6.45, 7) is 5.59. The van der Waals surface area contributed by atoms with Gasteiger partial charge in [0.2, 0.25) is 0 Å². The van der Waals surface area contributed by atoms with E-state index in [1.54, 1.807) is 37.3 Å². The van der Waals surface area contributed by atoms with Crippen LogP contribution in [-0.4, -0.2) is 62.7 Å². The van der Waals surface area contributed by atoms with Crippen molar-refractivity contribution < 1.29 is 23.5 Å². The number of rotatable bonds is 3. The van der Waals surface area contributed by atoms with Crippen molar-refractivity contribution >= 4 is 17.5 Å². The summed E-state index contributed by atoms with van der Waals surface area (Å²) in [6, 6.07) is 10.4. The monoisotopic (exact) mass is 443 g/mol. The zero-order chi connectivity index (χ0) is 23.3. The minimum absolute atomic E-state index is 0.0422. The molecular weight excluding hydrogens is 413 g/mol. The van der Waals surface area contributed by atoms with Gasteiger partial charge >= 0.3 is 0 Å². The minimum atomic E-state index is -0.489. The number of hydrogen-bond donors (Lipinski definition) is 2. The fourth-order valence-corrected chi connectivity index (χ4v) is 3.57. The highest BCUT2D eigenvalue weighted by molar-refractivity contribution is 6.05. The first-order chi connectivity index (χ1) is 15.3. The normalized spacial score (nSPS) is 22.2. The minimum Gasteiger partial charge on any atom is -0.491 e. The van der Waals surface area contributed by atoms with Crippen molar-refractivity contribution in [1.29, 1.82) is 0 Å². The average Bonchev–Trinajstić information content (AvgIpc) is 2.78. The van der Waals surface area contributed by atoms with Crippen LogP contribution >= 0.6 is 0 Å². The molecule has 1 aliphatic heterocycles. The molecule has 172 valence electrons. The highest BCUT2D eigenvalue weighted by atomic mass is 19.1. The SMILES string of the molecule is CO[C@@H]1CN(C)C(=O)c2ccc(NC(=O)c3cccc(F)c3)cc2OC[C@H](C)NC[C@@H]1C. The quantitative estimate of drug-likeness (QED) is 0.762. The van der Waals surface area contributed by atoms with E-state index < -0.39 is 11.7 Å². The number of likely N-dealkylation sites (N-methyl/N-ethyl adjacent to an activating group) is 1. The van der Waals surface area contributed by atoms with Gasteiger partial charge < -0.3 is 25.0 Å². The van der Waals surface area contributed by atoms with Crippen LogP contribution in [0.3, 0.4) is 0 Å². The number of carbonyl (C=O) groups excluding carboxylic acids is 2. The van der Waals surface area contributed by atoms with E-state index in [1.165, 1.54) is 24.3 Å². The highest BCUT2D eigenvalue weighted by Gasteiger charge is 2.25. The van der Waals surface area contributed by atoms with Gasteiger partial charge in [0.1, 0.15) is 18.2 Å². The van der Waals surface area contributed by atoms with Gasteiger partial charge in [0.25, 0.3) is 11.8 Å². The lowest BCUT2D eigenvalue weighted by molar-refractivity contribution is 0.0281. The highest BCUT2D eigenvalue weighted by Crippen LogP contribution is 2.26. The number of carbonyl (C=O) groups is 2. The number of methoxy groups -OCH3 is 1. The predicted molar refractivity (Wildman–Crippen MR) is 121 cm³/mol. The van der Waals surface area contributed by atoms with Crippen molar-refractivity contribution in [3.05, 3.63) is 59.4 Å². The van der Waals surface area contributed by atoms with Crippen LogP contribution in [0.25, 0.3) is 0 Å². The second kappa shape index (κ2) is 10.6. The van der Waals surface area contributed by atoms with Crippen LogP contribution in [0.15, 0.2) is 42.5 Å². The van der Waals surface area contributed by atoms with Gasteiger partial charge in [-0.15, -0.1) is 0 Å².